The van der Waals surface area contributed by atoms with Gasteiger partial charge in [0, 0.05) is 4.88 Å². The Labute approximate surface area is 99.0 Å². The zero-order valence-corrected chi connectivity index (χ0v) is 9.42. The SMILES string of the molecule is N#CCC#Cc1ccc(-c2ccccc2)s1. The fourth-order valence-electron chi connectivity index (χ4n) is 1.33. The molecule has 2 aromatic rings. The van der Waals surface area contributed by atoms with E-state index in [9.17, 15) is 0 Å². The highest BCUT2D eigenvalue weighted by molar-refractivity contribution is 7.16. The Balaban J connectivity index is 2.22. The summed E-state index contributed by atoms with van der Waals surface area (Å²) >= 11 is 1.65. The third-order valence-corrected chi connectivity index (χ3v) is 3.09. The fraction of sp³-hybridized carbons (Fsp3) is 0.0714. The molecule has 0 saturated heterocycles. The van der Waals surface area contributed by atoms with Crippen LogP contribution in [-0.2, 0) is 0 Å². The topological polar surface area (TPSA) is 23.8 Å². The molecule has 2 heteroatoms. The molecule has 2 rings (SSSR count). The van der Waals surface area contributed by atoms with Gasteiger partial charge in [0.2, 0.25) is 0 Å². The fourth-order valence-corrected chi connectivity index (χ4v) is 2.22. The van der Waals surface area contributed by atoms with Gasteiger partial charge in [-0.2, -0.15) is 5.26 Å². The molecule has 1 aromatic carbocycles. The smallest absolute Gasteiger partial charge is 0.0966 e. The quantitative estimate of drug-likeness (QED) is 0.676. The lowest BCUT2D eigenvalue weighted by Crippen LogP contribution is -1.67. The predicted molar refractivity (Wildman–Crippen MR) is 66.9 cm³/mol. The predicted octanol–water partition coefficient (Wildman–Crippen LogP) is 3.68. The Bertz CT molecular complexity index is 564. The molecule has 0 amide bonds. The van der Waals surface area contributed by atoms with E-state index in [1.807, 2.05) is 30.3 Å². The molecule has 0 atom stereocenters. The van der Waals surface area contributed by atoms with Crippen LogP contribution in [0.2, 0.25) is 0 Å². The summed E-state index contributed by atoms with van der Waals surface area (Å²) in [5.74, 6) is 5.80. The lowest BCUT2D eigenvalue weighted by atomic mass is 10.2. The lowest BCUT2D eigenvalue weighted by molar-refractivity contribution is 1.40. The standard InChI is InChI=1S/C14H9NS/c15-11-5-4-8-13-9-10-14(16-13)12-6-2-1-3-7-12/h1-3,6-7,9-10H,5H2. The van der Waals surface area contributed by atoms with Gasteiger partial charge in [0.25, 0.3) is 0 Å². The molecule has 1 aromatic heterocycles. The molecule has 0 radical (unpaired) electrons. The van der Waals surface area contributed by atoms with E-state index < -0.39 is 0 Å². The maximum atomic E-state index is 8.38. The number of rotatable bonds is 1. The van der Waals surface area contributed by atoms with Gasteiger partial charge in [-0.25, -0.2) is 0 Å². The Morgan fingerprint density at radius 2 is 1.88 bits per heavy atom. The van der Waals surface area contributed by atoms with Crippen LogP contribution in [0, 0.1) is 23.2 Å². The summed E-state index contributed by atoms with van der Waals surface area (Å²) in [6.45, 7) is 0. The third kappa shape index (κ3) is 2.51. The van der Waals surface area contributed by atoms with Gasteiger partial charge in [0.1, 0.15) is 0 Å². The van der Waals surface area contributed by atoms with Gasteiger partial charge in [0.15, 0.2) is 0 Å². The monoisotopic (exact) mass is 223 g/mol. The molecular formula is C14H9NS. The summed E-state index contributed by atoms with van der Waals surface area (Å²) in [5, 5.41) is 8.38. The summed E-state index contributed by atoms with van der Waals surface area (Å²) in [7, 11) is 0. The van der Waals surface area contributed by atoms with Crippen LogP contribution in [0.3, 0.4) is 0 Å². The van der Waals surface area contributed by atoms with Crippen LogP contribution >= 0.6 is 11.3 Å². The molecule has 0 fully saturated rings. The van der Waals surface area contributed by atoms with Crippen molar-refractivity contribution in [3.63, 3.8) is 0 Å². The molecule has 0 aliphatic heterocycles. The van der Waals surface area contributed by atoms with E-state index in [1.165, 1.54) is 10.4 Å². The van der Waals surface area contributed by atoms with Crippen LogP contribution in [0.4, 0.5) is 0 Å². The Morgan fingerprint density at radius 3 is 2.62 bits per heavy atom. The summed E-state index contributed by atoms with van der Waals surface area (Å²) in [5.41, 5.74) is 1.21. The highest BCUT2D eigenvalue weighted by Gasteiger charge is 1.99. The molecule has 0 N–H and O–H groups in total. The van der Waals surface area contributed by atoms with Gasteiger partial charge >= 0.3 is 0 Å². The van der Waals surface area contributed by atoms with E-state index >= 15 is 0 Å². The average molecular weight is 223 g/mol. The van der Waals surface area contributed by atoms with Crippen LogP contribution in [-0.4, -0.2) is 0 Å². The molecule has 1 heterocycles. The van der Waals surface area contributed by atoms with Crippen molar-refractivity contribution in [1.29, 1.82) is 5.26 Å². The van der Waals surface area contributed by atoms with E-state index in [1.54, 1.807) is 11.3 Å². The van der Waals surface area contributed by atoms with Gasteiger partial charge in [-0.15, -0.1) is 11.3 Å². The van der Waals surface area contributed by atoms with Gasteiger partial charge < -0.3 is 0 Å². The summed E-state index contributed by atoms with van der Waals surface area (Å²) < 4.78 is 0. The van der Waals surface area contributed by atoms with Crippen molar-refractivity contribution in [2.45, 2.75) is 6.42 Å². The Morgan fingerprint density at radius 1 is 1.06 bits per heavy atom. The average Bonchev–Trinajstić information content (AvgIpc) is 2.79. The van der Waals surface area contributed by atoms with Crippen molar-refractivity contribution in [2.24, 2.45) is 0 Å². The van der Waals surface area contributed by atoms with Crippen LogP contribution < -0.4 is 0 Å². The first-order valence-electron chi connectivity index (χ1n) is 4.91. The molecule has 76 valence electrons. The van der Waals surface area contributed by atoms with E-state index in [2.05, 4.69) is 30.0 Å². The number of thiophene rings is 1. The summed E-state index contributed by atoms with van der Waals surface area (Å²) in [4.78, 5) is 2.22. The molecular weight excluding hydrogens is 214 g/mol. The van der Waals surface area contributed by atoms with Crippen molar-refractivity contribution in [2.75, 3.05) is 0 Å². The third-order valence-electron chi connectivity index (χ3n) is 2.04. The largest absolute Gasteiger partial charge is 0.197 e. The second kappa shape index (κ2) is 5.16. The van der Waals surface area contributed by atoms with Gasteiger partial charge in [-0.1, -0.05) is 42.2 Å². The minimum atomic E-state index is 0.290. The van der Waals surface area contributed by atoms with E-state index in [0.29, 0.717) is 6.42 Å². The van der Waals surface area contributed by atoms with Crippen molar-refractivity contribution in [3.8, 4) is 28.4 Å². The zero-order chi connectivity index (χ0) is 11.2. The zero-order valence-electron chi connectivity index (χ0n) is 8.60. The Kier molecular flexibility index (Phi) is 3.38. The van der Waals surface area contributed by atoms with E-state index in [-0.39, 0.29) is 0 Å². The lowest BCUT2D eigenvalue weighted by Gasteiger charge is -1.93. The minimum absolute atomic E-state index is 0.290. The highest BCUT2D eigenvalue weighted by Crippen LogP contribution is 2.27. The van der Waals surface area contributed by atoms with Crippen LogP contribution in [0.25, 0.3) is 10.4 Å². The molecule has 0 aliphatic carbocycles. The van der Waals surface area contributed by atoms with Crippen molar-refractivity contribution in [3.05, 3.63) is 47.3 Å². The number of nitriles is 1. The van der Waals surface area contributed by atoms with E-state index in [4.69, 9.17) is 5.26 Å². The molecule has 0 unspecified atom stereocenters. The Hall–Kier alpha value is -2.03. The maximum absolute atomic E-state index is 8.38. The van der Waals surface area contributed by atoms with E-state index in [0.717, 1.165) is 4.88 Å². The second-order valence-corrected chi connectivity index (χ2v) is 4.25. The summed E-state index contributed by atoms with van der Waals surface area (Å²) in [6, 6.07) is 16.3. The summed E-state index contributed by atoms with van der Waals surface area (Å²) in [6.07, 6.45) is 0.290. The number of nitrogens with zero attached hydrogens (tertiary/aromatic N) is 1. The molecule has 0 saturated carbocycles. The van der Waals surface area contributed by atoms with Crippen molar-refractivity contribution >= 4 is 11.3 Å². The first kappa shape index (κ1) is 10.5. The number of hydrogen-bond acceptors (Lipinski definition) is 2. The molecule has 0 aliphatic rings. The normalized spacial score (nSPS) is 8.94. The molecule has 0 bridgehead atoms. The first-order chi connectivity index (χ1) is 7.90. The van der Waals surface area contributed by atoms with Gasteiger partial charge in [-0.05, 0) is 17.7 Å². The minimum Gasteiger partial charge on any atom is -0.197 e. The first-order valence-corrected chi connectivity index (χ1v) is 5.73. The van der Waals surface area contributed by atoms with Gasteiger partial charge in [-0.3, -0.25) is 0 Å². The second-order valence-electron chi connectivity index (χ2n) is 3.17. The van der Waals surface area contributed by atoms with Crippen LogP contribution in [0.5, 0.6) is 0 Å². The van der Waals surface area contributed by atoms with Crippen molar-refractivity contribution < 1.29 is 0 Å². The molecule has 0 spiro atoms. The number of benzene rings is 1. The molecule has 16 heavy (non-hydrogen) atoms. The molecule has 1 nitrogen and oxygen atoms in total. The van der Waals surface area contributed by atoms with Crippen LogP contribution in [0.15, 0.2) is 42.5 Å². The van der Waals surface area contributed by atoms with Crippen molar-refractivity contribution in [1.82, 2.24) is 0 Å². The van der Waals surface area contributed by atoms with Crippen LogP contribution in [0.1, 0.15) is 11.3 Å². The maximum Gasteiger partial charge on any atom is 0.0966 e. The number of hydrogen-bond donors (Lipinski definition) is 0. The highest BCUT2D eigenvalue weighted by atomic mass is 32.1. The van der Waals surface area contributed by atoms with Gasteiger partial charge in [0.05, 0.1) is 17.4 Å².